The molecule has 1 aliphatic rings. The maximum atomic E-state index is 11.8. The number of hydrogen-bond acceptors (Lipinski definition) is 4. The van der Waals surface area contributed by atoms with Crippen LogP contribution in [0.1, 0.15) is 48.5 Å². The van der Waals surface area contributed by atoms with E-state index in [0.29, 0.717) is 11.5 Å². The minimum Gasteiger partial charge on any atom is -0.491 e. The average Bonchev–Trinajstić information content (AvgIpc) is 2.46. The highest BCUT2D eigenvalue weighted by Gasteiger charge is 2.19. The predicted molar refractivity (Wildman–Crippen MR) is 78.4 cm³/mol. The van der Waals surface area contributed by atoms with Gasteiger partial charge in [0.2, 0.25) is 0 Å². The first kappa shape index (κ1) is 14.9. The maximum Gasteiger partial charge on any atom is 0.337 e. The molecule has 0 radical (unpaired) electrons. The Morgan fingerprint density at radius 2 is 2.15 bits per heavy atom. The molecule has 1 unspecified atom stereocenters. The van der Waals surface area contributed by atoms with Crippen LogP contribution in [0, 0.1) is 0 Å². The van der Waals surface area contributed by atoms with E-state index in [1.165, 1.54) is 7.11 Å². The van der Waals surface area contributed by atoms with Crippen molar-refractivity contribution in [3.63, 3.8) is 0 Å². The van der Waals surface area contributed by atoms with Gasteiger partial charge >= 0.3 is 5.97 Å². The van der Waals surface area contributed by atoms with Gasteiger partial charge < -0.3 is 14.8 Å². The second-order valence-electron chi connectivity index (χ2n) is 5.49. The summed E-state index contributed by atoms with van der Waals surface area (Å²) in [5.41, 5.74) is 1.71. The fourth-order valence-corrected chi connectivity index (χ4v) is 2.57. The number of carbonyl (C=O) groups excluding carboxylic acids is 1. The van der Waals surface area contributed by atoms with E-state index in [1.54, 1.807) is 6.07 Å². The third-order valence-corrected chi connectivity index (χ3v) is 3.49. The van der Waals surface area contributed by atoms with Crippen molar-refractivity contribution in [3.8, 4) is 5.75 Å². The lowest BCUT2D eigenvalue weighted by Gasteiger charge is -2.24. The topological polar surface area (TPSA) is 47.6 Å². The van der Waals surface area contributed by atoms with Crippen LogP contribution < -0.4 is 10.1 Å². The van der Waals surface area contributed by atoms with Gasteiger partial charge in [-0.1, -0.05) is 0 Å². The van der Waals surface area contributed by atoms with Crippen LogP contribution in [0.4, 0.5) is 0 Å². The van der Waals surface area contributed by atoms with Gasteiger partial charge in [0.25, 0.3) is 0 Å². The van der Waals surface area contributed by atoms with E-state index < -0.39 is 0 Å². The Morgan fingerprint density at radius 1 is 1.35 bits per heavy atom. The molecule has 2 rings (SSSR count). The molecule has 1 heterocycles. The van der Waals surface area contributed by atoms with E-state index in [-0.39, 0.29) is 12.1 Å². The molecule has 1 N–H and O–H groups in total. The molecule has 1 fully saturated rings. The molecule has 0 saturated carbocycles. The van der Waals surface area contributed by atoms with Crippen molar-refractivity contribution in [2.75, 3.05) is 20.2 Å². The van der Waals surface area contributed by atoms with Crippen LogP contribution >= 0.6 is 0 Å². The largest absolute Gasteiger partial charge is 0.491 e. The van der Waals surface area contributed by atoms with Gasteiger partial charge in [-0.15, -0.1) is 0 Å². The lowest BCUT2D eigenvalue weighted by Crippen LogP contribution is -2.28. The Labute approximate surface area is 120 Å². The minimum atomic E-state index is -0.316. The summed E-state index contributed by atoms with van der Waals surface area (Å²) >= 11 is 0. The number of carbonyl (C=O) groups is 1. The number of benzene rings is 1. The molecule has 1 aromatic carbocycles. The van der Waals surface area contributed by atoms with Crippen molar-refractivity contribution in [1.82, 2.24) is 5.32 Å². The van der Waals surface area contributed by atoms with Crippen LogP contribution in [-0.2, 0) is 4.74 Å². The second kappa shape index (κ2) is 6.75. The van der Waals surface area contributed by atoms with Gasteiger partial charge in [-0.3, -0.25) is 0 Å². The zero-order chi connectivity index (χ0) is 14.5. The van der Waals surface area contributed by atoms with Gasteiger partial charge in [-0.25, -0.2) is 4.79 Å². The smallest absolute Gasteiger partial charge is 0.337 e. The summed E-state index contributed by atoms with van der Waals surface area (Å²) in [6.07, 6.45) is 2.38. The normalized spacial score (nSPS) is 18.9. The van der Waals surface area contributed by atoms with Gasteiger partial charge in [0.05, 0.1) is 18.8 Å². The van der Waals surface area contributed by atoms with Crippen LogP contribution in [0.3, 0.4) is 0 Å². The number of hydrogen-bond donors (Lipinski definition) is 1. The monoisotopic (exact) mass is 277 g/mol. The molecule has 4 heteroatoms. The van der Waals surface area contributed by atoms with Crippen molar-refractivity contribution < 1.29 is 14.3 Å². The van der Waals surface area contributed by atoms with E-state index in [9.17, 15) is 4.79 Å². The standard InChI is InChI=1S/C16H23NO3/c1-11(2)20-15-8-13(12-5-4-6-17-10-12)7-14(9-15)16(18)19-3/h7-9,11-12,17H,4-6,10H2,1-3H3. The Bertz CT molecular complexity index is 465. The highest BCUT2D eigenvalue weighted by atomic mass is 16.5. The van der Waals surface area contributed by atoms with E-state index in [4.69, 9.17) is 9.47 Å². The number of esters is 1. The van der Waals surface area contributed by atoms with Crippen LogP contribution in [0.15, 0.2) is 18.2 Å². The van der Waals surface area contributed by atoms with E-state index in [2.05, 4.69) is 5.32 Å². The number of nitrogens with one attached hydrogen (secondary N) is 1. The van der Waals surface area contributed by atoms with Gasteiger partial charge in [0.1, 0.15) is 5.75 Å². The Kier molecular flexibility index (Phi) is 5.01. The van der Waals surface area contributed by atoms with Crippen molar-refractivity contribution >= 4 is 5.97 Å². The van der Waals surface area contributed by atoms with Gasteiger partial charge in [0, 0.05) is 6.54 Å². The summed E-state index contributed by atoms with van der Waals surface area (Å²) in [4.78, 5) is 11.8. The molecule has 1 aliphatic heterocycles. The van der Waals surface area contributed by atoms with Gasteiger partial charge in [-0.05, 0) is 62.9 Å². The molecule has 110 valence electrons. The molecule has 1 aromatic rings. The quantitative estimate of drug-likeness (QED) is 0.860. The Hall–Kier alpha value is -1.55. The SMILES string of the molecule is COC(=O)c1cc(OC(C)C)cc(C2CCCNC2)c1. The molecule has 0 amide bonds. The molecule has 1 atom stereocenters. The second-order valence-corrected chi connectivity index (χ2v) is 5.49. The van der Waals surface area contributed by atoms with E-state index in [0.717, 1.165) is 37.2 Å². The third-order valence-electron chi connectivity index (χ3n) is 3.49. The highest BCUT2D eigenvalue weighted by molar-refractivity contribution is 5.90. The fourth-order valence-electron chi connectivity index (χ4n) is 2.57. The fraction of sp³-hybridized carbons (Fsp3) is 0.562. The van der Waals surface area contributed by atoms with Crippen LogP contribution in [-0.4, -0.2) is 32.3 Å². The molecule has 20 heavy (non-hydrogen) atoms. The van der Waals surface area contributed by atoms with Gasteiger partial charge in [-0.2, -0.15) is 0 Å². The van der Waals surface area contributed by atoms with Gasteiger partial charge in [0.15, 0.2) is 0 Å². The van der Waals surface area contributed by atoms with Crippen molar-refractivity contribution in [2.24, 2.45) is 0 Å². The van der Waals surface area contributed by atoms with E-state index in [1.807, 2.05) is 26.0 Å². The summed E-state index contributed by atoms with van der Waals surface area (Å²) < 4.78 is 10.6. The first-order valence-electron chi connectivity index (χ1n) is 7.21. The predicted octanol–water partition coefficient (Wildman–Crippen LogP) is 2.73. The summed E-state index contributed by atoms with van der Waals surface area (Å²) in [5.74, 6) is 0.857. The summed E-state index contributed by atoms with van der Waals surface area (Å²) in [7, 11) is 1.40. The van der Waals surface area contributed by atoms with E-state index >= 15 is 0 Å². The van der Waals surface area contributed by atoms with Crippen molar-refractivity contribution in [2.45, 2.75) is 38.7 Å². The highest BCUT2D eigenvalue weighted by Crippen LogP contribution is 2.28. The van der Waals surface area contributed by atoms with Crippen LogP contribution in [0.2, 0.25) is 0 Å². The zero-order valence-corrected chi connectivity index (χ0v) is 12.4. The lowest BCUT2D eigenvalue weighted by molar-refractivity contribution is 0.0599. The first-order valence-corrected chi connectivity index (χ1v) is 7.21. The minimum absolute atomic E-state index is 0.0835. The molecular formula is C16H23NO3. The number of rotatable bonds is 4. The zero-order valence-electron chi connectivity index (χ0n) is 12.4. The Balaban J connectivity index is 2.31. The number of piperidine rings is 1. The molecule has 0 bridgehead atoms. The maximum absolute atomic E-state index is 11.8. The molecule has 0 aromatic heterocycles. The lowest BCUT2D eigenvalue weighted by atomic mass is 9.90. The molecule has 0 aliphatic carbocycles. The van der Waals surface area contributed by atoms with Crippen molar-refractivity contribution in [3.05, 3.63) is 29.3 Å². The van der Waals surface area contributed by atoms with Crippen LogP contribution in [0.5, 0.6) is 5.75 Å². The molecular weight excluding hydrogens is 254 g/mol. The summed E-state index contributed by atoms with van der Waals surface area (Å²) in [5, 5.41) is 3.40. The average molecular weight is 277 g/mol. The third kappa shape index (κ3) is 3.73. The van der Waals surface area contributed by atoms with Crippen LogP contribution in [0.25, 0.3) is 0 Å². The molecule has 1 saturated heterocycles. The molecule has 4 nitrogen and oxygen atoms in total. The first-order chi connectivity index (χ1) is 9.60. The summed E-state index contributed by atoms with van der Waals surface area (Å²) in [6, 6.07) is 5.73. The Morgan fingerprint density at radius 3 is 2.75 bits per heavy atom. The number of ether oxygens (including phenoxy) is 2. The summed E-state index contributed by atoms with van der Waals surface area (Å²) in [6.45, 7) is 5.98. The molecule has 0 spiro atoms. The number of methoxy groups -OCH3 is 1. The van der Waals surface area contributed by atoms with Crippen molar-refractivity contribution in [1.29, 1.82) is 0 Å².